The maximum Gasteiger partial charge on any atom is 0.261 e. The molecule has 1 aliphatic rings. The first kappa shape index (κ1) is 21.3. The topological polar surface area (TPSA) is 75.7 Å². The molecular formula is C23H22N2O4S2. The van der Waals surface area contributed by atoms with Crippen LogP contribution in [0.2, 0.25) is 0 Å². The number of sulfonamides is 1. The van der Waals surface area contributed by atoms with E-state index in [0.29, 0.717) is 17.2 Å². The summed E-state index contributed by atoms with van der Waals surface area (Å²) in [5, 5.41) is -0.222. The van der Waals surface area contributed by atoms with Crippen LogP contribution in [-0.2, 0) is 14.8 Å². The van der Waals surface area contributed by atoms with Crippen molar-refractivity contribution in [3.8, 4) is 5.75 Å². The highest BCUT2D eigenvalue weighted by molar-refractivity contribution is 8.00. The molecule has 8 heteroatoms. The van der Waals surface area contributed by atoms with Crippen molar-refractivity contribution in [2.75, 3.05) is 22.5 Å². The second-order valence-electron chi connectivity index (χ2n) is 7.17. The average molecular weight is 455 g/mol. The molecule has 0 radical (unpaired) electrons. The van der Waals surface area contributed by atoms with Crippen molar-refractivity contribution in [3.05, 3.63) is 83.9 Å². The second kappa shape index (κ2) is 8.64. The molecule has 1 fully saturated rings. The molecule has 1 saturated heterocycles. The molecule has 160 valence electrons. The summed E-state index contributed by atoms with van der Waals surface area (Å²) in [7, 11) is -2.23. The highest BCUT2D eigenvalue weighted by Gasteiger charge is 2.34. The molecule has 1 amide bonds. The molecule has 1 atom stereocenters. The lowest BCUT2D eigenvalue weighted by Crippen LogP contribution is -2.27. The largest absolute Gasteiger partial charge is 0.497 e. The minimum Gasteiger partial charge on any atom is -0.497 e. The van der Waals surface area contributed by atoms with Gasteiger partial charge in [0.15, 0.2) is 0 Å². The van der Waals surface area contributed by atoms with Crippen LogP contribution in [0.25, 0.3) is 0 Å². The Morgan fingerprint density at radius 1 is 1.03 bits per heavy atom. The lowest BCUT2D eigenvalue weighted by molar-refractivity contribution is -0.115. The van der Waals surface area contributed by atoms with E-state index >= 15 is 0 Å². The summed E-state index contributed by atoms with van der Waals surface area (Å²) in [5.41, 5.74) is 3.20. The number of carbonyl (C=O) groups excluding carboxylic acids is 1. The fraction of sp³-hybridized carbons (Fsp3) is 0.174. The van der Waals surface area contributed by atoms with Gasteiger partial charge in [0.1, 0.15) is 11.1 Å². The Bertz CT molecular complexity index is 1210. The number of ether oxygens (including phenoxy) is 1. The summed E-state index contributed by atoms with van der Waals surface area (Å²) >= 11 is 1.52. The van der Waals surface area contributed by atoms with Crippen molar-refractivity contribution < 1.29 is 17.9 Å². The highest BCUT2D eigenvalue weighted by Crippen LogP contribution is 2.42. The summed E-state index contributed by atoms with van der Waals surface area (Å²) in [4.78, 5) is 14.5. The number of anilines is 2. The van der Waals surface area contributed by atoms with Gasteiger partial charge in [0, 0.05) is 11.4 Å². The highest BCUT2D eigenvalue weighted by atomic mass is 32.2. The normalized spacial score (nSPS) is 16.4. The van der Waals surface area contributed by atoms with Gasteiger partial charge < -0.3 is 4.74 Å². The lowest BCUT2D eigenvalue weighted by atomic mass is 10.1. The standard InChI is InChI=1S/C23H22N2O4S2/c1-16-5-3-8-19(13-16)25-22(26)15-30-23(25)17-6-4-7-18(14-17)24-31(27,28)21-11-9-20(29-2)10-12-21/h3-14,23-24H,15H2,1-2H3/t23-/m0/s1. The summed E-state index contributed by atoms with van der Waals surface area (Å²) < 4.78 is 33.3. The van der Waals surface area contributed by atoms with E-state index in [1.165, 1.54) is 31.0 Å². The van der Waals surface area contributed by atoms with Crippen LogP contribution in [-0.4, -0.2) is 27.2 Å². The quantitative estimate of drug-likeness (QED) is 0.590. The van der Waals surface area contributed by atoms with E-state index in [0.717, 1.165) is 16.8 Å². The Kier molecular flexibility index (Phi) is 5.93. The molecule has 0 aromatic heterocycles. The van der Waals surface area contributed by atoms with Crippen LogP contribution in [0.1, 0.15) is 16.5 Å². The van der Waals surface area contributed by atoms with Gasteiger partial charge in [-0.15, -0.1) is 11.8 Å². The SMILES string of the molecule is COc1ccc(S(=O)(=O)Nc2cccc([C@@H]3SCC(=O)N3c3cccc(C)c3)c2)cc1. The fourth-order valence-corrected chi connectivity index (χ4v) is 5.67. The van der Waals surface area contributed by atoms with Gasteiger partial charge in [0.05, 0.1) is 17.8 Å². The predicted molar refractivity (Wildman–Crippen MR) is 124 cm³/mol. The van der Waals surface area contributed by atoms with Gasteiger partial charge in [0.25, 0.3) is 10.0 Å². The number of nitrogens with one attached hydrogen (secondary N) is 1. The van der Waals surface area contributed by atoms with E-state index in [1.807, 2.05) is 37.3 Å². The van der Waals surface area contributed by atoms with Gasteiger partial charge >= 0.3 is 0 Å². The number of rotatable bonds is 6. The minimum absolute atomic E-state index is 0.0322. The number of methoxy groups -OCH3 is 1. The van der Waals surface area contributed by atoms with Crippen LogP contribution in [0.5, 0.6) is 5.75 Å². The van der Waals surface area contributed by atoms with Gasteiger partial charge in [-0.25, -0.2) is 8.42 Å². The molecule has 6 nitrogen and oxygen atoms in total. The zero-order chi connectivity index (χ0) is 22.0. The van der Waals surface area contributed by atoms with Crippen LogP contribution in [0.15, 0.2) is 77.7 Å². The van der Waals surface area contributed by atoms with Crippen molar-refractivity contribution in [2.45, 2.75) is 17.2 Å². The third-order valence-electron chi connectivity index (χ3n) is 4.94. The first-order chi connectivity index (χ1) is 14.9. The molecule has 0 unspecified atom stereocenters. The van der Waals surface area contributed by atoms with Crippen molar-refractivity contribution in [1.82, 2.24) is 0 Å². The predicted octanol–water partition coefficient (Wildman–Crippen LogP) is 4.58. The lowest BCUT2D eigenvalue weighted by Gasteiger charge is -2.25. The minimum atomic E-state index is -3.75. The van der Waals surface area contributed by atoms with Gasteiger partial charge in [-0.05, 0) is 66.6 Å². The monoisotopic (exact) mass is 454 g/mol. The molecule has 0 spiro atoms. The molecule has 3 aromatic rings. The Balaban J connectivity index is 1.61. The van der Waals surface area contributed by atoms with E-state index < -0.39 is 10.0 Å². The molecule has 1 N–H and O–H groups in total. The van der Waals surface area contributed by atoms with Crippen molar-refractivity contribution in [3.63, 3.8) is 0 Å². The molecule has 0 bridgehead atoms. The first-order valence-corrected chi connectivity index (χ1v) is 12.2. The van der Waals surface area contributed by atoms with Gasteiger partial charge in [-0.1, -0.05) is 24.3 Å². The summed E-state index contributed by atoms with van der Waals surface area (Å²) in [6.45, 7) is 1.99. The van der Waals surface area contributed by atoms with Crippen molar-refractivity contribution in [2.24, 2.45) is 0 Å². The number of thioether (sulfide) groups is 1. The maximum atomic E-state index is 12.8. The van der Waals surface area contributed by atoms with E-state index in [-0.39, 0.29) is 16.2 Å². The van der Waals surface area contributed by atoms with Gasteiger partial charge in [0.2, 0.25) is 5.91 Å². The third-order valence-corrected chi connectivity index (χ3v) is 7.55. The maximum absolute atomic E-state index is 12.8. The van der Waals surface area contributed by atoms with Gasteiger partial charge in [-0.3, -0.25) is 14.4 Å². The van der Waals surface area contributed by atoms with Crippen LogP contribution < -0.4 is 14.4 Å². The molecule has 0 aliphatic carbocycles. The number of amides is 1. The number of aryl methyl sites for hydroxylation is 1. The smallest absolute Gasteiger partial charge is 0.261 e. The first-order valence-electron chi connectivity index (χ1n) is 9.64. The number of benzene rings is 3. The van der Waals surface area contributed by atoms with E-state index in [2.05, 4.69) is 4.72 Å². The van der Waals surface area contributed by atoms with E-state index in [4.69, 9.17) is 4.74 Å². The van der Waals surface area contributed by atoms with Crippen molar-refractivity contribution in [1.29, 1.82) is 0 Å². The molecule has 0 saturated carbocycles. The summed E-state index contributed by atoms with van der Waals surface area (Å²) in [6, 6.07) is 21.2. The average Bonchev–Trinajstić information content (AvgIpc) is 3.15. The zero-order valence-electron chi connectivity index (χ0n) is 17.1. The Morgan fingerprint density at radius 3 is 2.48 bits per heavy atom. The van der Waals surface area contributed by atoms with Crippen LogP contribution >= 0.6 is 11.8 Å². The van der Waals surface area contributed by atoms with E-state index in [9.17, 15) is 13.2 Å². The Morgan fingerprint density at radius 2 is 1.77 bits per heavy atom. The number of carbonyl (C=O) groups is 1. The number of nitrogens with zero attached hydrogens (tertiary/aromatic N) is 1. The van der Waals surface area contributed by atoms with E-state index in [1.54, 1.807) is 35.2 Å². The van der Waals surface area contributed by atoms with Crippen LogP contribution in [0, 0.1) is 6.92 Å². The third kappa shape index (κ3) is 4.55. The molecule has 3 aromatic carbocycles. The Hall–Kier alpha value is -2.97. The summed E-state index contributed by atoms with van der Waals surface area (Å²) in [5.74, 6) is 0.991. The zero-order valence-corrected chi connectivity index (χ0v) is 18.7. The fourth-order valence-electron chi connectivity index (χ4n) is 3.45. The number of hydrogen-bond acceptors (Lipinski definition) is 5. The van der Waals surface area contributed by atoms with Crippen molar-refractivity contribution >= 4 is 39.1 Å². The molecule has 31 heavy (non-hydrogen) atoms. The van der Waals surface area contributed by atoms with Gasteiger partial charge in [-0.2, -0.15) is 0 Å². The number of hydrogen-bond donors (Lipinski definition) is 1. The van der Waals surface area contributed by atoms with Crippen LogP contribution in [0.3, 0.4) is 0 Å². The molecule has 4 rings (SSSR count). The second-order valence-corrected chi connectivity index (χ2v) is 9.92. The van der Waals surface area contributed by atoms with Crippen LogP contribution in [0.4, 0.5) is 11.4 Å². The summed E-state index contributed by atoms with van der Waals surface area (Å²) in [6.07, 6.45) is 0. The molecule has 1 heterocycles. The molecule has 1 aliphatic heterocycles. The molecular weight excluding hydrogens is 432 g/mol. The Labute approximate surface area is 186 Å².